The Morgan fingerprint density at radius 1 is 0.947 bits per heavy atom. The van der Waals surface area contributed by atoms with Crippen LogP contribution in [0.3, 0.4) is 0 Å². The lowest BCUT2D eigenvalue weighted by Gasteiger charge is -2.33. The number of hydrogen-bond donors (Lipinski definition) is 2. The number of rotatable bonds is 5. The molecule has 0 saturated carbocycles. The van der Waals surface area contributed by atoms with Gasteiger partial charge in [0.25, 0.3) is 0 Å². The van der Waals surface area contributed by atoms with E-state index in [9.17, 15) is 10.2 Å². The smallest absolute Gasteiger partial charge is 0.192 e. The highest BCUT2D eigenvalue weighted by molar-refractivity contribution is 5.36. The van der Waals surface area contributed by atoms with Gasteiger partial charge in [0, 0.05) is 6.61 Å². The summed E-state index contributed by atoms with van der Waals surface area (Å²) < 4.78 is 5.22. The summed E-state index contributed by atoms with van der Waals surface area (Å²) in [5, 5.41) is 21.2. The third kappa shape index (κ3) is 2.68. The van der Waals surface area contributed by atoms with Crippen LogP contribution in [0.2, 0.25) is 0 Å². The molecule has 19 heavy (non-hydrogen) atoms. The molecule has 2 N–H and O–H groups in total. The van der Waals surface area contributed by atoms with Gasteiger partial charge in [-0.1, -0.05) is 60.7 Å². The molecule has 1 atom stereocenters. The number of hydrogen-bond acceptors (Lipinski definition) is 3. The van der Waals surface area contributed by atoms with E-state index < -0.39 is 11.9 Å². The van der Waals surface area contributed by atoms with E-state index in [1.54, 1.807) is 31.2 Å². The molecule has 3 heteroatoms. The van der Waals surface area contributed by atoms with Crippen molar-refractivity contribution in [3.05, 3.63) is 71.8 Å². The second-order valence-electron chi connectivity index (χ2n) is 4.31. The molecule has 0 heterocycles. The maximum atomic E-state index is 11.0. The monoisotopic (exact) mass is 258 g/mol. The molecular formula is C16H18O3. The zero-order chi connectivity index (χ0) is 13.7. The molecule has 2 rings (SSSR count). The van der Waals surface area contributed by atoms with E-state index in [4.69, 9.17) is 4.74 Å². The van der Waals surface area contributed by atoms with Crippen molar-refractivity contribution in [2.45, 2.75) is 18.8 Å². The van der Waals surface area contributed by atoms with Crippen LogP contribution >= 0.6 is 0 Å². The Balaban J connectivity index is 2.51. The summed E-state index contributed by atoms with van der Waals surface area (Å²) in [6.07, 6.45) is -1.32. The topological polar surface area (TPSA) is 49.7 Å². The highest BCUT2D eigenvalue weighted by Crippen LogP contribution is 2.33. The van der Waals surface area contributed by atoms with Gasteiger partial charge < -0.3 is 14.9 Å². The first kappa shape index (κ1) is 13.7. The molecule has 2 aromatic rings. The Kier molecular flexibility index (Phi) is 4.32. The summed E-state index contributed by atoms with van der Waals surface area (Å²) in [6.45, 7) is 2.10. The first-order valence-corrected chi connectivity index (χ1v) is 6.32. The average Bonchev–Trinajstić information content (AvgIpc) is 2.48. The molecule has 0 aliphatic rings. The Morgan fingerprint density at radius 3 is 1.74 bits per heavy atom. The van der Waals surface area contributed by atoms with Crippen molar-refractivity contribution < 1.29 is 14.9 Å². The summed E-state index contributed by atoms with van der Waals surface area (Å²) >= 11 is 0. The predicted octanol–water partition coefficient (Wildman–Crippen LogP) is 2.28. The van der Waals surface area contributed by atoms with Gasteiger partial charge in [0.15, 0.2) is 11.9 Å². The van der Waals surface area contributed by atoms with Gasteiger partial charge in [-0.15, -0.1) is 0 Å². The number of aliphatic hydroxyl groups is 2. The Morgan fingerprint density at radius 2 is 1.37 bits per heavy atom. The minimum Gasteiger partial charge on any atom is -0.375 e. The van der Waals surface area contributed by atoms with Crippen molar-refractivity contribution >= 4 is 0 Å². The largest absolute Gasteiger partial charge is 0.375 e. The Labute approximate surface area is 113 Å². The van der Waals surface area contributed by atoms with Crippen LogP contribution in [0.25, 0.3) is 0 Å². The third-order valence-electron chi connectivity index (χ3n) is 3.11. The summed E-state index contributed by atoms with van der Waals surface area (Å²) in [5.41, 5.74) is -0.372. The Bertz CT molecular complexity index is 456. The van der Waals surface area contributed by atoms with Crippen molar-refractivity contribution in [1.29, 1.82) is 0 Å². The summed E-state index contributed by atoms with van der Waals surface area (Å²) in [7, 11) is 0. The molecule has 100 valence electrons. The zero-order valence-corrected chi connectivity index (χ0v) is 10.9. The molecular weight excluding hydrogens is 240 g/mol. The van der Waals surface area contributed by atoms with Crippen LogP contribution in [-0.2, 0) is 10.3 Å². The van der Waals surface area contributed by atoms with Crippen LogP contribution in [0.5, 0.6) is 0 Å². The maximum absolute atomic E-state index is 11.0. The molecule has 1 unspecified atom stereocenters. The van der Waals surface area contributed by atoms with E-state index in [1.807, 2.05) is 36.4 Å². The summed E-state index contributed by atoms with van der Waals surface area (Å²) in [5.74, 6) is 0. The lowest BCUT2D eigenvalue weighted by Crippen LogP contribution is -2.42. The first-order chi connectivity index (χ1) is 9.19. The lowest BCUT2D eigenvalue weighted by molar-refractivity contribution is -0.198. The average molecular weight is 258 g/mol. The Hall–Kier alpha value is -1.68. The fraction of sp³-hybridized carbons (Fsp3) is 0.250. The minimum absolute atomic E-state index is 0.323. The highest BCUT2D eigenvalue weighted by atomic mass is 16.6. The molecule has 0 bridgehead atoms. The molecule has 3 nitrogen and oxygen atoms in total. The van der Waals surface area contributed by atoms with Gasteiger partial charge in [-0.05, 0) is 18.1 Å². The quantitative estimate of drug-likeness (QED) is 0.809. The SMILES string of the molecule is CCOC(O)C(O)(c1ccccc1)c1ccccc1. The number of ether oxygens (including phenoxy) is 1. The van der Waals surface area contributed by atoms with Crippen molar-refractivity contribution in [3.63, 3.8) is 0 Å². The van der Waals surface area contributed by atoms with Crippen molar-refractivity contribution in [1.82, 2.24) is 0 Å². The molecule has 0 radical (unpaired) electrons. The standard InChI is InChI=1S/C16H18O3/c1-2-19-15(17)16(18,13-9-5-3-6-10-13)14-11-7-4-8-12-14/h3-12,15,17-18H,2H2,1H3. The molecule has 0 aromatic heterocycles. The van der Waals surface area contributed by atoms with Gasteiger partial charge in [0.1, 0.15) is 0 Å². The maximum Gasteiger partial charge on any atom is 0.192 e. The minimum atomic E-state index is -1.57. The molecule has 0 fully saturated rings. The molecule has 0 aliphatic heterocycles. The highest BCUT2D eigenvalue weighted by Gasteiger charge is 2.40. The van der Waals surface area contributed by atoms with Crippen molar-refractivity contribution in [2.24, 2.45) is 0 Å². The van der Waals surface area contributed by atoms with Gasteiger partial charge >= 0.3 is 0 Å². The van der Waals surface area contributed by atoms with Crippen LogP contribution in [0.15, 0.2) is 60.7 Å². The van der Waals surface area contributed by atoms with Crippen LogP contribution in [0.1, 0.15) is 18.1 Å². The summed E-state index contributed by atoms with van der Waals surface area (Å²) in [6, 6.07) is 18.1. The van der Waals surface area contributed by atoms with Crippen LogP contribution in [0, 0.1) is 0 Å². The van der Waals surface area contributed by atoms with Gasteiger partial charge in [0.2, 0.25) is 0 Å². The zero-order valence-electron chi connectivity index (χ0n) is 10.9. The number of aliphatic hydroxyl groups excluding tert-OH is 1. The van der Waals surface area contributed by atoms with Crippen LogP contribution in [0.4, 0.5) is 0 Å². The fourth-order valence-corrected chi connectivity index (χ4v) is 2.11. The van der Waals surface area contributed by atoms with E-state index in [-0.39, 0.29) is 0 Å². The third-order valence-corrected chi connectivity index (χ3v) is 3.11. The fourth-order valence-electron chi connectivity index (χ4n) is 2.11. The van der Waals surface area contributed by atoms with Gasteiger partial charge in [-0.2, -0.15) is 0 Å². The molecule has 0 amide bonds. The van der Waals surface area contributed by atoms with Gasteiger partial charge in [-0.25, -0.2) is 0 Å². The molecule has 0 saturated heterocycles. The first-order valence-electron chi connectivity index (χ1n) is 6.32. The van der Waals surface area contributed by atoms with E-state index in [0.717, 1.165) is 0 Å². The van der Waals surface area contributed by atoms with E-state index in [2.05, 4.69) is 0 Å². The van der Waals surface area contributed by atoms with Gasteiger partial charge in [-0.3, -0.25) is 0 Å². The van der Waals surface area contributed by atoms with Crippen LogP contribution in [-0.4, -0.2) is 23.1 Å². The molecule has 2 aromatic carbocycles. The normalized spacial score (nSPS) is 13.2. The second kappa shape index (κ2) is 5.97. The van der Waals surface area contributed by atoms with E-state index in [1.165, 1.54) is 0 Å². The lowest BCUT2D eigenvalue weighted by atomic mass is 9.85. The van der Waals surface area contributed by atoms with Crippen molar-refractivity contribution in [2.75, 3.05) is 6.61 Å². The van der Waals surface area contributed by atoms with Crippen molar-refractivity contribution in [3.8, 4) is 0 Å². The van der Waals surface area contributed by atoms with E-state index in [0.29, 0.717) is 17.7 Å². The second-order valence-corrected chi connectivity index (χ2v) is 4.31. The summed E-state index contributed by atoms with van der Waals surface area (Å²) in [4.78, 5) is 0. The molecule has 0 aliphatic carbocycles. The number of benzene rings is 2. The van der Waals surface area contributed by atoms with E-state index >= 15 is 0 Å². The molecule has 0 spiro atoms. The predicted molar refractivity (Wildman–Crippen MR) is 73.5 cm³/mol. The van der Waals surface area contributed by atoms with Gasteiger partial charge in [0.05, 0.1) is 0 Å². The van der Waals surface area contributed by atoms with Crippen LogP contribution < -0.4 is 0 Å².